The van der Waals surface area contributed by atoms with Crippen molar-refractivity contribution in [2.24, 2.45) is 0 Å². The number of carbonyl (C=O) groups is 2. The maximum Gasteiger partial charge on any atom is 0.315 e. The number of benzene rings is 2. The smallest absolute Gasteiger partial charge is 0.315 e. The lowest BCUT2D eigenvalue weighted by atomic mass is 10.2. The van der Waals surface area contributed by atoms with Gasteiger partial charge in [0.05, 0.1) is 7.11 Å². The number of carbonyl (C=O) groups excluding carboxylic acids is 2. The van der Waals surface area contributed by atoms with E-state index in [2.05, 4.69) is 16.0 Å². The fourth-order valence-corrected chi connectivity index (χ4v) is 2.27. The average molecular weight is 362 g/mol. The molecule has 3 amide bonds. The number of methoxy groups -OCH3 is 1. The largest absolute Gasteiger partial charge is 0.496 e. The van der Waals surface area contributed by atoms with Crippen LogP contribution in [-0.4, -0.2) is 32.1 Å². The van der Waals surface area contributed by atoms with Crippen LogP contribution < -0.4 is 20.7 Å². The predicted octanol–water partition coefficient (Wildman–Crippen LogP) is 2.58. The summed E-state index contributed by atoms with van der Waals surface area (Å²) in [4.78, 5) is 23.7. The number of para-hydroxylation sites is 1. The maximum absolute atomic E-state index is 11.9. The van der Waals surface area contributed by atoms with Gasteiger partial charge in [0, 0.05) is 35.8 Å². The van der Waals surface area contributed by atoms with Crippen LogP contribution in [-0.2, 0) is 6.54 Å². The molecule has 7 heteroatoms. The molecule has 0 aromatic heterocycles. The molecule has 0 fully saturated rings. The van der Waals surface area contributed by atoms with Gasteiger partial charge in [0.15, 0.2) is 0 Å². The molecule has 0 atom stereocenters. The van der Waals surface area contributed by atoms with Gasteiger partial charge in [-0.25, -0.2) is 4.79 Å². The van der Waals surface area contributed by atoms with Crippen LogP contribution in [0.2, 0.25) is 5.02 Å². The molecular formula is C18H20ClN3O3. The zero-order valence-corrected chi connectivity index (χ0v) is 14.6. The van der Waals surface area contributed by atoms with Gasteiger partial charge in [0.25, 0.3) is 5.91 Å². The minimum atomic E-state index is -0.313. The molecule has 0 unspecified atom stereocenters. The number of hydrogen-bond acceptors (Lipinski definition) is 3. The molecule has 0 aliphatic carbocycles. The van der Waals surface area contributed by atoms with E-state index in [1.807, 2.05) is 24.3 Å². The summed E-state index contributed by atoms with van der Waals surface area (Å²) in [6.45, 7) is 0.994. The molecule has 0 saturated heterocycles. The normalized spacial score (nSPS) is 10.0. The topological polar surface area (TPSA) is 79.5 Å². The Labute approximate surface area is 151 Å². The molecule has 2 rings (SSSR count). The Morgan fingerprint density at radius 2 is 1.64 bits per heavy atom. The minimum Gasteiger partial charge on any atom is -0.496 e. The summed E-state index contributed by atoms with van der Waals surface area (Å²) in [5.41, 5.74) is 1.40. The highest BCUT2D eigenvalue weighted by atomic mass is 35.5. The highest BCUT2D eigenvalue weighted by Crippen LogP contribution is 2.16. The molecule has 0 saturated carbocycles. The molecule has 2 aromatic carbocycles. The van der Waals surface area contributed by atoms with Crippen LogP contribution in [0, 0.1) is 0 Å². The molecule has 2 aromatic rings. The first-order chi connectivity index (χ1) is 12.1. The van der Waals surface area contributed by atoms with Gasteiger partial charge < -0.3 is 20.7 Å². The van der Waals surface area contributed by atoms with E-state index in [-0.39, 0.29) is 11.9 Å². The lowest BCUT2D eigenvalue weighted by molar-refractivity contribution is 0.0954. The maximum atomic E-state index is 11.9. The van der Waals surface area contributed by atoms with Crippen molar-refractivity contribution in [2.75, 3.05) is 20.2 Å². The first kappa shape index (κ1) is 18.6. The lowest BCUT2D eigenvalue weighted by Gasteiger charge is -2.11. The molecule has 0 bridgehead atoms. The number of hydrogen-bond donors (Lipinski definition) is 3. The van der Waals surface area contributed by atoms with Gasteiger partial charge >= 0.3 is 6.03 Å². The second-order valence-corrected chi connectivity index (χ2v) is 5.62. The Hall–Kier alpha value is -2.73. The predicted molar refractivity (Wildman–Crippen MR) is 97.0 cm³/mol. The van der Waals surface area contributed by atoms with Gasteiger partial charge in [-0.15, -0.1) is 0 Å². The van der Waals surface area contributed by atoms with E-state index in [4.69, 9.17) is 16.3 Å². The van der Waals surface area contributed by atoms with Crippen molar-refractivity contribution in [1.29, 1.82) is 0 Å². The van der Waals surface area contributed by atoms with Crippen molar-refractivity contribution in [3.63, 3.8) is 0 Å². The molecule has 0 radical (unpaired) electrons. The van der Waals surface area contributed by atoms with Gasteiger partial charge in [-0.2, -0.15) is 0 Å². The standard InChI is InChI=1S/C18H20ClN3O3/c1-25-16-5-3-2-4-14(16)12-22-18(24)21-11-10-20-17(23)13-6-8-15(19)9-7-13/h2-9H,10-12H2,1H3,(H,20,23)(H2,21,22,24). The third-order valence-electron chi connectivity index (χ3n) is 3.43. The van der Waals surface area contributed by atoms with Crippen LogP contribution in [0.4, 0.5) is 4.79 Å². The summed E-state index contributed by atoms with van der Waals surface area (Å²) in [5.74, 6) is 0.505. The average Bonchev–Trinajstić information content (AvgIpc) is 2.64. The fourth-order valence-electron chi connectivity index (χ4n) is 2.14. The van der Waals surface area contributed by atoms with Crippen LogP contribution >= 0.6 is 11.6 Å². The van der Waals surface area contributed by atoms with Crippen molar-refractivity contribution in [3.8, 4) is 5.75 Å². The molecule has 0 spiro atoms. The zero-order chi connectivity index (χ0) is 18.1. The van der Waals surface area contributed by atoms with Crippen molar-refractivity contribution in [3.05, 3.63) is 64.7 Å². The molecule has 0 heterocycles. The summed E-state index contributed by atoms with van der Waals surface area (Å²) >= 11 is 5.78. The molecule has 0 aliphatic heterocycles. The lowest BCUT2D eigenvalue weighted by Crippen LogP contribution is -2.40. The summed E-state index contributed by atoms with van der Waals surface area (Å²) < 4.78 is 5.22. The van der Waals surface area contributed by atoms with Crippen LogP contribution in [0.15, 0.2) is 48.5 Å². The number of ether oxygens (including phenoxy) is 1. The van der Waals surface area contributed by atoms with Crippen LogP contribution in [0.5, 0.6) is 5.75 Å². The Morgan fingerprint density at radius 1 is 0.960 bits per heavy atom. The third-order valence-corrected chi connectivity index (χ3v) is 3.69. The van der Waals surface area contributed by atoms with E-state index >= 15 is 0 Å². The Kier molecular flexibility index (Phi) is 7.10. The number of nitrogens with one attached hydrogen (secondary N) is 3. The highest BCUT2D eigenvalue weighted by Gasteiger charge is 2.06. The zero-order valence-electron chi connectivity index (χ0n) is 13.8. The van der Waals surface area contributed by atoms with E-state index in [0.29, 0.717) is 30.2 Å². The number of rotatable bonds is 7. The summed E-state index contributed by atoms with van der Waals surface area (Å²) in [5, 5.41) is 8.72. The Balaban J connectivity index is 1.67. The first-order valence-electron chi connectivity index (χ1n) is 7.77. The number of halogens is 1. The van der Waals surface area contributed by atoms with E-state index in [1.54, 1.807) is 31.4 Å². The van der Waals surface area contributed by atoms with E-state index < -0.39 is 0 Å². The van der Waals surface area contributed by atoms with Crippen LogP contribution in [0.3, 0.4) is 0 Å². The summed E-state index contributed by atoms with van der Waals surface area (Å²) in [6, 6.07) is 13.7. The van der Waals surface area contributed by atoms with Crippen molar-refractivity contribution in [1.82, 2.24) is 16.0 Å². The van der Waals surface area contributed by atoms with Gasteiger partial charge in [-0.3, -0.25) is 4.79 Å². The summed E-state index contributed by atoms with van der Waals surface area (Å²) in [7, 11) is 1.59. The monoisotopic (exact) mass is 361 g/mol. The SMILES string of the molecule is COc1ccccc1CNC(=O)NCCNC(=O)c1ccc(Cl)cc1. The van der Waals surface area contributed by atoms with E-state index in [9.17, 15) is 9.59 Å². The van der Waals surface area contributed by atoms with E-state index in [1.165, 1.54) is 0 Å². The molecular weight excluding hydrogens is 342 g/mol. The van der Waals surface area contributed by atoms with Crippen LogP contribution in [0.1, 0.15) is 15.9 Å². The van der Waals surface area contributed by atoms with E-state index in [0.717, 1.165) is 11.3 Å². The number of urea groups is 1. The van der Waals surface area contributed by atoms with Crippen molar-refractivity contribution in [2.45, 2.75) is 6.54 Å². The van der Waals surface area contributed by atoms with Gasteiger partial charge in [-0.1, -0.05) is 29.8 Å². The molecule has 3 N–H and O–H groups in total. The Morgan fingerprint density at radius 3 is 2.36 bits per heavy atom. The van der Waals surface area contributed by atoms with Crippen molar-refractivity contribution < 1.29 is 14.3 Å². The third kappa shape index (κ3) is 6.00. The molecule has 0 aliphatic rings. The fraction of sp³-hybridized carbons (Fsp3) is 0.222. The highest BCUT2D eigenvalue weighted by molar-refractivity contribution is 6.30. The van der Waals surface area contributed by atoms with Gasteiger partial charge in [-0.05, 0) is 30.3 Å². The quantitative estimate of drug-likeness (QED) is 0.663. The first-order valence-corrected chi connectivity index (χ1v) is 8.15. The molecule has 25 heavy (non-hydrogen) atoms. The Bertz CT molecular complexity index is 720. The second kappa shape index (κ2) is 9.54. The number of amides is 3. The minimum absolute atomic E-state index is 0.215. The summed E-state index contributed by atoms with van der Waals surface area (Å²) in [6.07, 6.45) is 0. The molecule has 132 valence electrons. The van der Waals surface area contributed by atoms with Crippen molar-refractivity contribution >= 4 is 23.5 Å². The van der Waals surface area contributed by atoms with Gasteiger partial charge in [0.1, 0.15) is 5.75 Å². The molecule has 6 nitrogen and oxygen atoms in total. The van der Waals surface area contributed by atoms with Gasteiger partial charge in [0.2, 0.25) is 0 Å². The van der Waals surface area contributed by atoms with Crippen LogP contribution in [0.25, 0.3) is 0 Å². The second-order valence-electron chi connectivity index (χ2n) is 5.18.